The minimum absolute atomic E-state index is 0.759. The molecule has 0 saturated carbocycles. The second-order valence-corrected chi connectivity index (χ2v) is 3.80. The van der Waals surface area contributed by atoms with E-state index in [0.29, 0.717) is 0 Å². The summed E-state index contributed by atoms with van der Waals surface area (Å²) in [6, 6.07) is 3.69. The molecule has 0 fully saturated rings. The Kier molecular flexibility index (Phi) is 4.19. The van der Waals surface area contributed by atoms with Gasteiger partial charge >= 0.3 is 0 Å². The Labute approximate surface area is 86.9 Å². The largest absolute Gasteiger partial charge is 0.545 e. The molecule has 1 rings (SSSR count). The summed E-state index contributed by atoms with van der Waals surface area (Å²) in [5.41, 5.74) is 0.759. The quantitative estimate of drug-likeness (QED) is 0.546. The molecule has 0 amide bonds. The van der Waals surface area contributed by atoms with E-state index in [-0.39, 0.29) is 0 Å². The van der Waals surface area contributed by atoms with Crippen molar-refractivity contribution in [1.29, 1.82) is 0 Å². The van der Waals surface area contributed by atoms with Crippen molar-refractivity contribution in [2.24, 2.45) is 0 Å². The van der Waals surface area contributed by atoms with Gasteiger partial charge in [-0.15, -0.1) is 11.8 Å². The summed E-state index contributed by atoms with van der Waals surface area (Å²) < 4.78 is 0. The lowest BCUT2D eigenvalue weighted by molar-refractivity contribution is -0.297. The van der Waals surface area contributed by atoms with E-state index in [0.717, 1.165) is 22.4 Å². The van der Waals surface area contributed by atoms with E-state index in [1.807, 2.05) is 12.1 Å². The van der Waals surface area contributed by atoms with Gasteiger partial charge in [0, 0.05) is 6.20 Å². The van der Waals surface area contributed by atoms with Crippen LogP contribution in [0.3, 0.4) is 0 Å². The summed E-state index contributed by atoms with van der Waals surface area (Å²) in [7, 11) is 0. The number of thioether (sulfide) groups is 1. The number of carbonyl (C=O) groups excluding carboxylic acids is 1. The van der Waals surface area contributed by atoms with Gasteiger partial charge in [0.1, 0.15) is 0 Å². The lowest BCUT2D eigenvalue weighted by Crippen LogP contribution is -2.18. The highest BCUT2D eigenvalue weighted by atomic mass is 32.2. The SMILES string of the molecule is CCSc1ccc(/C=C/C(=O)[O-])cn1. The third-order valence-electron chi connectivity index (χ3n) is 1.46. The molecule has 1 aromatic heterocycles. The highest BCUT2D eigenvalue weighted by Gasteiger charge is 1.92. The highest BCUT2D eigenvalue weighted by molar-refractivity contribution is 7.99. The lowest BCUT2D eigenvalue weighted by Gasteiger charge is -1.97. The molecule has 0 aromatic carbocycles. The van der Waals surface area contributed by atoms with Crippen LogP contribution >= 0.6 is 11.8 Å². The topological polar surface area (TPSA) is 53.0 Å². The van der Waals surface area contributed by atoms with Gasteiger partial charge < -0.3 is 9.90 Å². The first-order valence-corrected chi connectivity index (χ1v) is 5.19. The Morgan fingerprint density at radius 1 is 1.64 bits per heavy atom. The molecule has 1 heterocycles. The molecule has 0 radical (unpaired) electrons. The highest BCUT2D eigenvalue weighted by Crippen LogP contribution is 2.14. The van der Waals surface area contributed by atoms with Crippen molar-refractivity contribution < 1.29 is 9.90 Å². The van der Waals surface area contributed by atoms with Crippen LogP contribution in [-0.2, 0) is 4.79 Å². The average molecular weight is 208 g/mol. The van der Waals surface area contributed by atoms with Crippen molar-refractivity contribution in [3.63, 3.8) is 0 Å². The molecule has 3 nitrogen and oxygen atoms in total. The van der Waals surface area contributed by atoms with Crippen molar-refractivity contribution in [1.82, 2.24) is 4.98 Å². The van der Waals surface area contributed by atoms with Crippen molar-refractivity contribution in [3.8, 4) is 0 Å². The number of carbonyl (C=O) groups is 1. The molecule has 0 spiro atoms. The summed E-state index contributed by atoms with van der Waals surface area (Å²) in [5, 5.41) is 11.1. The number of carboxylic acid groups (broad SMARTS) is 1. The minimum Gasteiger partial charge on any atom is -0.545 e. The molecule has 0 bridgehead atoms. The van der Waals surface area contributed by atoms with E-state index in [1.54, 1.807) is 18.0 Å². The van der Waals surface area contributed by atoms with Gasteiger partial charge in [-0.2, -0.15) is 0 Å². The van der Waals surface area contributed by atoms with Gasteiger partial charge in [-0.3, -0.25) is 0 Å². The molecule has 0 unspecified atom stereocenters. The molecule has 0 aliphatic rings. The zero-order chi connectivity index (χ0) is 10.4. The van der Waals surface area contributed by atoms with E-state index in [2.05, 4.69) is 11.9 Å². The number of rotatable bonds is 4. The smallest absolute Gasteiger partial charge is 0.0960 e. The predicted molar refractivity (Wildman–Crippen MR) is 54.7 cm³/mol. The summed E-state index contributed by atoms with van der Waals surface area (Å²) in [4.78, 5) is 14.3. The second-order valence-electron chi connectivity index (χ2n) is 2.52. The molecule has 1 aromatic rings. The zero-order valence-corrected chi connectivity index (χ0v) is 8.58. The number of pyridine rings is 1. The molecule has 0 N–H and O–H groups in total. The Balaban J connectivity index is 2.68. The predicted octanol–water partition coefficient (Wildman–Crippen LogP) is 0.957. The number of nitrogens with zero attached hydrogens (tertiary/aromatic N) is 1. The maximum absolute atomic E-state index is 10.1. The summed E-state index contributed by atoms with van der Waals surface area (Å²) in [6.45, 7) is 2.05. The van der Waals surface area contributed by atoms with Gasteiger partial charge in [0.2, 0.25) is 0 Å². The maximum atomic E-state index is 10.1. The van der Waals surface area contributed by atoms with E-state index >= 15 is 0 Å². The Hall–Kier alpha value is -1.29. The fourth-order valence-corrected chi connectivity index (χ4v) is 1.48. The number of aliphatic carboxylic acids is 1. The lowest BCUT2D eigenvalue weighted by atomic mass is 10.2. The Morgan fingerprint density at radius 2 is 2.43 bits per heavy atom. The maximum Gasteiger partial charge on any atom is 0.0960 e. The second kappa shape index (κ2) is 5.44. The monoisotopic (exact) mass is 208 g/mol. The first-order chi connectivity index (χ1) is 6.72. The van der Waals surface area contributed by atoms with Crippen molar-refractivity contribution in [2.45, 2.75) is 11.9 Å². The van der Waals surface area contributed by atoms with Crippen LogP contribution in [0.1, 0.15) is 12.5 Å². The summed E-state index contributed by atoms with van der Waals surface area (Å²) >= 11 is 1.64. The fraction of sp³-hybridized carbons (Fsp3) is 0.200. The number of hydrogen-bond donors (Lipinski definition) is 0. The molecule has 0 aliphatic carbocycles. The van der Waals surface area contributed by atoms with E-state index < -0.39 is 5.97 Å². The molecule has 74 valence electrons. The van der Waals surface area contributed by atoms with Crippen molar-refractivity contribution in [3.05, 3.63) is 30.0 Å². The molecular formula is C10H10NO2S-. The van der Waals surface area contributed by atoms with E-state index in [4.69, 9.17) is 0 Å². The molecule has 0 saturated heterocycles. The van der Waals surface area contributed by atoms with E-state index in [9.17, 15) is 9.90 Å². The summed E-state index contributed by atoms with van der Waals surface area (Å²) in [5.74, 6) is -0.224. The van der Waals surface area contributed by atoms with E-state index in [1.165, 1.54) is 6.08 Å². The molecule has 14 heavy (non-hydrogen) atoms. The van der Waals surface area contributed by atoms with Gasteiger partial charge in [-0.05, 0) is 23.5 Å². The van der Waals surface area contributed by atoms with Crippen LogP contribution in [0.2, 0.25) is 0 Å². The van der Waals surface area contributed by atoms with Gasteiger partial charge in [0.15, 0.2) is 0 Å². The van der Waals surface area contributed by atoms with Crippen molar-refractivity contribution in [2.75, 3.05) is 5.75 Å². The van der Waals surface area contributed by atoms with Gasteiger partial charge in [0.25, 0.3) is 0 Å². The average Bonchev–Trinajstić information content (AvgIpc) is 2.17. The molecule has 0 atom stereocenters. The fourth-order valence-electron chi connectivity index (χ4n) is 0.888. The van der Waals surface area contributed by atoms with Crippen LogP contribution in [0.15, 0.2) is 29.4 Å². The van der Waals surface area contributed by atoms with Crippen LogP contribution in [0, 0.1) is 0 Å². The Bertz CT molecular complexity index is 332. The van der Waals surface area contributed by atoms with Gasteiger partial charge in [0.05, 0.1) is 11.0 Å². The minimum atomic E-state index is -1.20. The van der Waals surface area contributed by atoms with Crippen LogP contribution in [0.5, 0.6) is 0 Å². The van der Waals surface area contributed by atoms with Gasteiger partial charge in [-0.1, -0.05) is 19.1 Å². The first-order valence-electron chi connectivity index (χ1n) is 4.20. The van der Waals surface area contributed by atoms with Crippen LogP contribution < -0.4 is 5.11 Å². The number of hydrogen-bond acceptors (Lipinski definition) is 4. The van der Waals surface area contributed by atoms with Gasteiger partial charge in [-0.25, -0.2) is 4.98 Å². The third-order valence-corrected chi connectivity index (χ3v) is 2.29. The number of carboxylic acids is 1. The molecular weight excluding hydrogens is 198 g/mol. The van der Waals surface area contributed by atoms with Crippen LogP contribution in [0.4, 0.5) is 0 Å². The van der Waals surface area contributed by atoms with Crippen LogP contribution in [-0.4, -0.2) is 16.7 Å². The Morgan fingerprint density at radius 3 is 2.93 bits per heavy atom. The molecule has 4 heteroatoms. The normalized spacial score (nSPS) is 10.6. The zero-order valence-electron chi connectivity index (χ0n) is 7.77. The van der Waals surface area contributed by atoms with Crippen molar-refractivity contribution >= 4 is 23.8 Å². The third kappa shape index (κ3) is 3.62. The molecule has 0 aliphatic heterocycles. The van der Waals surface area contributed by atoms with Crippen LogP contribution in [0.25, 0.3) is 6.08 Å². The standard InChI is InChI=1S/C10H11NO2S/c1-2-14-9-5-3-8(7-11-9)4-6-10(12)13/h3-7H,2H2,1H3,(H,12,13)/p-1/b6-4+. The number of aromatic nitrogens is 1. The first kappa shape index (κ1) is 10.8. The summed E-state index contributed by atoms with van der Waals surface area (Å²) in [6.07, 6.45) is 4.09.